The fraction of sp³-hybridized carbons (Fsp3) is 0.714. The van der Waals surface area contributed by atoms with Crippen LogP contribution in [0.2, 0.25) is 0 Å². The van der Waals surface area contributed by atoms with Crippen LogP contribution in [0.15, 0.2) is 22.6 Å². The van der Waals surface area contributed by atoms with Gasteiger partial charge in [-0.1, -0.05) is 11.8 Å². The minimum Gasteiger partial charge on any atom is -0.250 e. The lowest BCUT2D eigenvalue weighted by Crippen LogP contribution is -2.22. The van der Waals surface area contributed by atoms with Crippen molar-refractivity contribution >= 4 is 0 Å². The summed E-state index contributed by atoms with van der Waals surface area (Å²) in [7, 11) is 1.65. The van der Waals surface area contributed by atoms with Gasteiger partial charge in [-0.05, 0) is 20.8 Å². The fourth-order valence-electron chi connectivity index (χ4n) is 0.717. The molecule has 0 bridgehead atoms. The van der Waals surface area contributed by atoms with Crippen molar-refractivity contribution in [3.05, 3.63) is 12.3 Å². The van der Waals surface area contributed by atoms with Crippen LogP contribution in [0.1, 0.15) is 20.8 Å². The molecule has 0 aliphatic heterocycles. The van der Waals surface area contributed by atoms with Gasteiger partial charge in [-0.2, -0.15) is 5.11 Å². The lowest BCUT2D eigenvalue weighted by molar-refractivity contribution is 0.280. The summed E-state index contributed by atoms with van der Waals surface area (Å²) >= 11 is 0. The molecule has 0 radical (unpaired) electrons. The molecule has 0 heterocycles. The molecule has 0 amide bonds. The summed E-state index contributed by atoms with van der Waals surface area (Å²) in [5.74, 6) is 0. The first-order valence-electron chi connectivity index (χ1n) is 3.34. The van der Waals surface area contributed by atoms with Crippen molar-refractivity contribution in [1.29, 1.82) is 0 Å². The van der Waals surface area contributed by atoms with E-state index in [1.165, 1.54) is 0 Å². The molecule has 0 fully saturated rings. The average Bonchev–Trinajstić information content (AvgIpc) is 1.81. The Morgan fingerprint density at radius 2 is 2.00 bits per heavy atom. The topological polar surface area (TPSA) is 28.0 Å². The van der Waals surface area contributed by atoms with Crippen LogP contribution in [-0.2, 0) is 0 Å². The highest BCUT2D eigenvalue weighted by Gasteiger charge is 2.05. The smallest absolute Gasteiger partial charge is 0.0509 e. The summed E-state index contributed by atoms with van der Waals surface area (Å²) in [6.07, 6.45) is 0. The largest absolute Gasteiger partial charge is 0.250 e. The Morgan fingerprint density at radius 1 is 1.50 bits per heavy atom. The highest BCUT2D eigenvalue weighted by atomic mass is 15.5. The Hall–Kier alpha value is -0.860. The normalized spacial score (nSPS) is 10.9. The third-order valence-corrected chi connectivity index (χ3v) is 1.07. The second-order valence-electron chi connectivity index (χ2n) is 2.46. The van der Waals surface area contributed by atoms with Gasteiger partial charge in [0.2, 0.25) is 0 Å². The molecule has 0 aromatic rings. The summed E-state index contributed by atoms with van der Waals surface area (Å²) in [6.45, 7) is 9.77. The zero-order valence-electron chi connectivity index (χ0n) is 7.13. The molecule has 3 nitrogen and oxygen atoms in total. The van der Waals surface area contributed by atoms with Crippen molar-refractivity contribution in [2.24, 2.45) is 10.3 Å². The van der Waals surface area contributed by atoms with Crippen molar-refractivity contribution in [1.82, 2.24) is 5.01 Å². The lowest BCUT2D eigenvalue weighted by Gasteiger charge is -2.20. The summed E-state index contributed by atoms with van der Waals surface area (Å²) < 4.78 is 0. The second-order valence-corrected chi connectivity index (χ2v) is 2.46. The third kappa shape index (κ3) is 2.62. The van der Waals surface area contributed by atoms with Crippen LogP contribution in [0.4, 0.5) is 0 Å². The number of rotatable bonds is 3. The molecule has 10 heavy (non-hydrogen) atoms. The zero-order chi connectivity index (χ0) is 8.15. The van der Waals surface area contributed by atoms with Gasteiger partial charge in [-0.15, -0.1) is 0 Å². The minimum atomic E-state index is 0.334. The van der Waals surface area contributed by atoms with E-state index in [9.17, 15) is 0 Å². The molecule has 0 spiro atoms. The van der Waals surface area contributed by atoms with Crippen molar-refractivity contribution < 1.29 is 0 Å². The Morgan fingerprint density at radius 3 is 2.10 bits per heavy atom. The van der Waals surface area contributed by atoms with E-state index in [4.69, 9.17) is 0 Å². The SMILES string of the molecule is C=C(C)N(/N=N\C)C(C)C. The Bertz CT molecular complexity index is 138. The van der Waals surface area contributed by atoms with Gasteiger partial charge in [0.05, 0.1) is 7.05 Å². The van der Waals surface area contributed by atoms with Crippen LogP contribution in [0.25, 0.3) is 0 Å². The molecule has 58 valence electrons. The van der Waals surface area contributed by atoms with Crippen LogP contribution in [-0.4, -0.2) is 18.1 Å². The van der Waals surface area contributed by atoms with Gasteiger partial charge >= 0.3 is 0 Å². The second kappa shape index (κ2) is 4.04. The van der Waals surface area contributed by atoms with Crippen molar-refractivity contribution in [3.8, 4) is 0 Å². The molecule has 0 rings (SSSR count). The number of allylic oxidation sites excluding steroid dienone is 1. The number of hydrogen-bond acceptors (Lipinski definition) is 2. The van der Waals surface area contributed by atoms with E-state index in [0.29, 0.717) is 6.04 Å². The Balaban J connectivity index is 4.12. The Kier molecular flexibility index (Phi) is 3.69. The fourth-order valence-corrected chi connectivity index (χ4v) is 0.717. The van der Waals surface area contributed by atoms with Crippen molar-refractivity contribution in [2.75, 3.05) is 7.05 Å². The molecule has 0 aliphatic carbocycles. The predicted molar refractivity (Wildman–Crippen MR) is 42.6 cm³/mol. The lowest BCUT2D eigenvalue weighted by atomic mass is 10.3. The molecule has 0 aromatic heterocycles. The molecule has 3 heteroatoms. The van der Waals surface area contributed by atoms with E-state index in [2.05, 4.69) is 16.9 Å². The molecule has 0 atom stereocenters. The molecule has 0 unspecified atom stereocenters. The van der Waals surface area contributed by atoms with Gasteiger partial charge in [-0.3, -0.25) is 0 Å². The third-order valence-electron chi connectivity index (χ3n) is 1.07. The zero-order valence-corrected chi connectivity index (χ0v) is 7.13. The maximum atomic E-state index is 3.88. The van der Waals surface area contributed by atoms with Gasteiger partial charge in [0.15, 0.2) is 0 Å². The van der Waals surface area contributed by atoms with Gasteiger partial charge < -0.3 is 0 Å². The van der Waals surface area contributed by atoms with Crippen LogP contribution >= 0.6 is 0 Å². The van der Waals surface area contributed by atoms with E-state index in [1.807, 2.05) is 20.8 Å². The Labute approximate surface area is 62.4 Å². The van der Waals surface area contributed by atoms with Gasteiger partial charge in [-0.25, -0.2) is 5.01 Å². The van der Waals surface area contributed by atoms with Crippen LogP contribution in [0, 0.1) is 0 Å². The first-order valence-corrected chi connectivity index (χ1v) is 3.34. The quantitative estimate of drug-likeness (QED) is 0.437. The molecular formula is C7H15N3. The predicted octanol–water partition coefficient (Wildman–Crippen LogP) is 2.23. The number of hydrogen-bond donors (Lipinski definition) is 0. The van der Waals surface area contributed by atoms with E-state index in [-0.39, 0.29) is 0 Å². The molecule has 0 aliphatic rings. The maximum absolute atomic E-state index is 3.88. The highest BCUT2D eigenvalue weighted by molar-refractivity contribution is 4.87. The number of nitrogens with zero attached hydrogens (tertiary/aromatic N) is 3. The monoisotopic (exact) mass is 141 g/mol. The molecule has 0 saturated carbocycles. The van der Waals surface area contributed by atoms with Crippen LogP contribution in [0.5, 0.6) is 0 Å². The first-order chi connectivity index (χ1) is 4.59. The first kappa shape index (κ1) is 9.14. The highest BCUT2D eigenvalue weighted by Crippen LogP contribution is 2.06. The summed E-state index contributed by atoms with van der Waals surface area (Å²) in [5.41, 5.74) is 0.917. The molecular weight excluding hydrogens is 126 g/mol. The van der Waals surface area contributed by atoms with Gasteiger partial charge in [0.1, 0.15) is 0 Å². The standard InChI is InChI=1S/C7H15N3/c1-6(2)10(7(3)4)9-8-5/h7H,1H2,2-5H3/b9-8-. The summed E-state index contributed by atoms with van der Waals surface area (Å²) in [6, 6.07) is 0.334. The molecule has 0 saturated heterocycles. The molecule has 0 N–H and O–H groups in total. The van der Waals surface area contributed by atoms with E-state index in [0.717, 1.165) is 5.70 Å². The van der Waals surface area contributed by atoms with Crippen molar-refractivity contribution in [3.63, 3.8) is 0 Å². The summed E-state index contributed by atoms with van der Waals surface area (Å²) in [5, 5.41) is 9.33. The minimum absolute atomic E-state index is 0.334. The maximum Gasteiger partial charge on any atom is 0.0509 e. The van der Waals surface area contributed by atoms with E-state index < -0.39 is 0 Å². The van der Waals surface area contributed by atoms with E-state index >= 15 is 0 Å². The van der Waals surface area contributed by atoms with Gasteiger partial charge in [0, 0.05) is 11.7 Å². The molecule has 0 aromatic carbocycles. The van der Waals surface area contributed by atoms with Gasteiger partial charge in [0.25, 0.3) is 0 Å². The van der Waals surface area contributed by atoms with Crippen LogP contribution < -0.4 is 0 Å². The summed E-state index contributed by atoms with van der Waals surface area (Å²) in [4.78, 5) is 0. The van der Waals surface area contributed by atoms with Crippen LogP contribution in [0.3, 0.4) is 0 Å². The van der Waals surface area contributed by atoms with Crippen molar-refractivity contribution in [2.45, 2.75) is 26.8 Å². The van der Waals surface area contributed by atoms with E-state index in [1.54, 1.807) is 12.1 Å². The average molecular weight is 141 g/mol.